The number of amides is 1. The molecule has 1 N–H and O–H groups in total. The number of Topliss-reactive ketones (excluding diaryl/α,β-unsaturated/α-hetero) is 1. The molecular formula is C30H24BrNO5. The maximum absolute atomic E-state index is 13.2. The Bertz CT molecular complexity index is 1460. The zero-order valence-electron chi connectivity index (χ0n) is 20.1. The van der Waals surface area contributed by atoms with Gasteiger partial charge in [0.2, 0.25) is 0 Å². The van der Waals surface area contributed by atoms with Crippen molar-refractivity contribution in [2.45, 2.75) is 26.1 Å². The molecule has 1 unspecified atom stereocenters. The Labute approximate surface area is 222 Å². The normalized spacial score (nSPS) is 16.8. The fourth-order valence-electron chi connectivity index (χ4n) is 4.40. The SMILES string of the molecule is Cc1ccccc1COc1ccc(C(O)=C2C(=O)C(=O)N(Cc3ccco3)C2c2ccc(Br)cc2)cc1. The molecule has 3 aromatic carbocycles. The molecule has 6 nitrogen and oxygen atoms in total. The summed E-state index contributed by atoms with van der Waals surface area (Å²) in [5, 5.41) is 11.3. The summed E-state index contributed by atoms with van der Waals surface area (Å²) < 4.78 is 12.2. The van der Waals surface area contributed by atoms with Crippen LogP contribution in [0, 0.1) is 6.92 Å². The van der Waals surface area contributed by atoms with Crippen LogP contribution in [0.15, 0.2) is 106 Å². The number of ether oxygens (including phenoxy) is 1. The monoisotopic (exact) mass is 557 g/mol. The minimum Gasteiger partial charge on any atom is -0.507 e. The van der Waals surface area contributed by atoms with Crippen LogP contribution in [-0.4, -0.2) is 21.7 Å². The van der Waals surface area contributed by atoms with Crippen molar-refractivity contribution in [1.29, 1.82) is 0 Å². The van der Waals surface area contributed by atoms with Crippen LogP contribution in [0.25, 0.3) is 5.76 Å². The predicted molar refractivity (Wildman–Crippen MR) is 143 cm³/mol. The molecule has 1 aliphatic heterocycles. The van der Waals surface area contributed by atoms with E-state index in [-0.39, 0.29) is 17.9 Å². The molecule has 0 spiro atoms. The Morgan fingerprint density at radius 3 is 2.38 bits per heavy atom. The quantitative estimate of drug-likeness (QED) is 0.158. The smallest absolute Gasteiger partial charge is 0.296 e. The van der Waals surface area contributed by atoms with Gasteiger partial charge in [0.15, 0.2) is 0 Å². The van der Waals surface area contributed by atoms with Crippen LogP contribution < -0.4 is 4.74 Å². The lowest BCUT2D eigenvalue weighted by Gasteiger charge is -2.24. The third kappa shape index (κ3) is 5.08. The number of hydrogen-bond acceptors (Lipinski definition) is 5. The number of nitrogens with zero attached hydrogens (tertiary/aromatic N) is 1. The molecule has 0 saturated carbocycles. The van der Waals surface area contributed by atoms with E-state index in [1.165, 1.54) is 11.2 Å². The van der Waals surface area contributed by atoms with Crippen molar-refractivity contribution in [2.75, 3.05) is 0 Å². The van der Waals surface area contributed by atoms with Crippen LogP contribution in [-0.2, 0) is 22.7 Å². The Balaban J connectivity index is 1.47. The first kappa shape index (κ1) is 24.6. The van der Waals surface area contributed by atoms with Gasteiger partial charge in [-0.15, -0.1) is 0 Å². The Morgan fingerprint density at radius 1 is 0.973 bits per heavy atom. The van der Waals surface area contributed by atoms with Crippen molar-refractivity contribution in [3.05, 3.63) is 129 Å². The van der Waals surface area contributed by atoms with Gasteiger partial charge in [-0.05, 0) is 72.1 Å². The number of benzene rings is 3. The van der Waals surface area contributed by atoms with Crippen LogP contribution in [0.4, 0.5) is 0 Å². The number of carbonyl (C=O) groups is 2. The van der Waals surface area contributed by atoms with Gasteiger partial charge in [-0.25, -0.2) is 0 Å². The number of halogens is 1. The largest absolute Gasteiger partial charge is 0.507 e. The number of likely N-dealkylation sites (tertiary alicyclic amines) is 1. The number of hydrogen-bond donors (Lipinski definition) is 1. The second kappa shape index (κ2) is 10.5. The molecule has 0 aliphatic carbocycles. The highest BCUT2D eigenvalue weighted by Gasteiger charge is 2.46. The molecule has 1 aliphatic rings. The lowest BCUT2D eigenvalue weighted by atomic mass is 9.95. The van der Waals surface area contributed by atoms with Gasteiger partial charge in [-0.1, -0.05) is 52.3 Å². The van der Waals surface area contributed by atoms with Crippen molar-refractivity contribution < 1.29 is 23.8 Å². The zero-order valence-corrected chi connectivity index (χ0v) is 21.6. The molecule has 2 heterocycles. The number of rotatable bonds is 7. The number of carbonyl (C=O) groups excluding carboxylic acids is 2. The highest BCUT2D eigenvalue weighted by atomic mass is 79.9. The summed E-state index contributed by atoms with van der Waals surface area (Å²) in [7, 11) is 0. The maximum Gasteiger partial charge on any atom is 0.296 e. The summed E-state index contributed by atoms with van der Waals surface area (Å²) in [6.45, 7) is 2.54. The molecule has 1 fully saturated rings. The highest BCUT2D eigenvalue weighted by Crippen LogP contribution is 2.40. The first-order chi connectivity index (χ1) is 17.9. The van der Waals surface area contributed by atoms with Crippen LogP contribution in [0.5, 0.6) is 5.75 Å². The zero-order chi connectivity index (χ0) is 25.9. The lowest BCUT2D eigenvalue weighted by molar-refractivity contribution is -0.140. The third-order valence-electron chi connectivity index (χ3n) is 6.42. The summed E-state index contributed by atoms with van der Waals surface area (Å²) in [6.07, 6.45) is 1.52. The second-order valence-corrected chi connectivity index (χ2v) is 9.71. The van der Waals surface area contributed by atoms with Crippen LogP contribution >= 0.6 is 15.9 Å². The van der Waals surface area contributed by atoms with Gasteiger partial charge in [0, 0.05) is 10.0 Å². The number of aryl methyl sites for hydroxylation is 1. The van der Waals surface area contributed by atoms with Crippen molar-refractivity contribution in [3.8, 4) is 5.75 Å². The third-order valence-corrected chi connectivity index (χ3v) is 6.94. The van der Waals surface area contributed by atoms with E-state index in [2.05, 4.69) is 15.9 Å². The molecule has 4 aromatic rings. The molecule has 1 amide bonds. The number of furan rings is 1. The molecule has 1 aromatic heterocycles. The van der Waals surface area contributed by atoms with Gasteiger partial charge in [0.25, 0.3) is 11.7 Å². The number of ketones is 1. The van der Waals surface area contributed by atoms with Crippen molar-refractivity contribution in [1.82, 2.24) is 4.90 Å². The molecular weight excluding hydrogens is 534 g/mol. The van der Waals surface area contributed by atoms with E-state index in [4.69, 9.17) is 9.15 Å². The van der Waals surface area contributed by atoms with E-state index >= 15 is 0 Å². The molecule has 0 bridgehead atoms. The average molecular weight is 558 g/mol. The van der Waals surface area contributed by atoms with Gasteiger partial charge < -0.3 is 19.2 Å². The molecule has 5 rings (SSSR count). The Kier molecular flexibility index (Phi) is 6.97. The summed E-state index contributed by atoms with van der Waals surface area (Å²) in [5.74, 6) is -0.499. The Morgan fingerprint density at radius 2 is 1.70 bits per heavy atom. The average Bonchev–Trinajstić information content (AvgIpc) is 3.51. The summed E-state index contributed by atoms with van der Waals surface area (Å²) in [5.41, 5.74) is 3.38. The second-order valence-electron chi connectivity index (χ2n) is 8.80. The molecule has 186 valence electrons. The molecule has 37 heavy (non-hydrogen) atoms. The highest BCUT2D eigenvalue weighted by molar-refractivity contribution is 9.10. The number of aliphatic hydroxyl groups excluding tert-OH is 1. The topological polar surface area (TPSA) is 80.0 Å². The van der Waals surface area contributed by atoms with E-state index < -0.39 is 17.7 Å². The fourth-order valence-corrected chi connectivity index (χ4v) is 4.67. The maximum atomic E-state index is 13.2. The minimum absolute atomic E-state index is 0.0347. The molecule has 7 heteroatoms. The number of aliphatic hydroxyl groups is 1. The van der Waals surface area contributed by atoms with E-state index in [1.807, 2.05) is 55.5 Å². The van der Waals surface area contributed by atoms with Crippen LogP contribution in [0.2, 0.25) is 0 Å². The van der Waals surface area contributed by atoms with Crippen LogP contribution in [0.3, 0.4) is 0 Å². The van der Waals surface area contributed by atoms with E-state index in [0.29, 0.717) is 29.2 Å². The van der Waals surface area contributed by atoms with Crippen LogP contribution in [0.1, 0.15) is 34.1 Å². The van der Waals surface area contributed by atoms with Crippen molar-refractivity contribution in [2.24, 2.45) is 0 Å². The van der Waals surface area contributed by atoms with Crippen molar-refractivity contribution in [3.63, 3.8) is 0 Å². The van der Waals surface area contributed by atoms with Gasteiger partial charge in [0.1, 0.15) is 23.9 Å². The molecule has 1 saturated heterocycles. The fraction of sp³-hybridized carbons (Fsp3) is 0.133. The first-order valence-electron chi connectivity index (χ1n) is 11.8. The van der Waals surface area contributed by atoms with E-state index in [0.717, 1.165) is 15.6 Å². The standard InChI is InChI=1S/C30H24BrNO5/c1-19-5-2-3-6-22(19)18-37-24-14-10-21(11-15-24)28(33)26-27(20-8-12-23(31)13-9-20)32(30(35)29(26)34)17-25-7-4-16-36-25/h2-16,27,33H,17-18H2,1H3. The van der Waals surface area contributed by atoms with E-state index in [9.17, 15) is 14.7 Å². The summed E-state index contributed by atoms with van der Waals surface area (Å²) >= 11 is 3.42. The van der Waals surface area contributed by atoms with Gasteiger partial charge >= 0.3 is 0 Å². The predicted octanol–water partition coefficient (Wildman–Crippen LogP) is 6.55. The lowest BCUT2D eigenvalue weighted by Crippen LogP contribution is -2.29. The minimum atomic E-state index is -0.768. The summed E-state index contributed by atoms with van der Waals surface area (Å²) in [4.78, 5) is 27.7. The summed E-state index contributed by atoms with van der Waals surface area (Å²) in [6, 6.07) is 24.9. The van der Waals surface area contributed by atoms with Gasteiger partial charge in [0.05, 0.1) is 24.4 Å². The van der Waals surface area contributed by atoms with E-state index in [1.54, 1.807) is 36.4 Å². The molecule has 0 radical (unpaired) electrons. The molecule has 1 atom stereocenters. The van der Waals surface area contributed by atoms with Gasteiger partial charge in [-0.3, -0.25) is 9.59 Å². The Hall–Kier alpha value is -4.10. The first-order valence-corrected chi connectivity index (χ1v) is 12.6. The van der Waals surface area contributed by atoms with Crippen molar-refractivity contribution >= 4 is 33.4 Å². The van der Waals surface area contributed by atoms with Gasteiger partial charge in [-0.2, -0.15) is 0 Å².